The highest BCUT2D eigenvalue weighted by Crippen LogP contribution is 2.27. The van der Waals surface area contributed by atoms with Crippen LogP contribution in [0.25, 0.3) is 10.9 Å². The van der Waals surface area contributed by atoms with Gasteiger partial charge in [0.05, 0.1) is 16.8 Å². The van der Waals surface area contributed by atoms with E-state index in [2.05, 4.69) is 20.8 Å². The van der Waals surface area contributed by atoms with Crippen LogP contribution in [0.3, 0.4) is 0 Å². The number of H-pyrrole nitrogens is 1. The molecule has 1 aromatic carbocycles. The molecular weight excluding hydrogens is 300 g/mol. The molecule has 2 heterocycles. The van der Waals surface area contributed by atoms with Crippen LogP contribution in [0.2, 0.25) is 0 Å². The number of sulfonamides is 1. The predicted molar refractivity (Wildman–Crippen MR) is 82.8 cm³/mol. The fourth-order valence-electron chi connectivity index (χ4n) is 2.21. The monoisotopic (exact) mass is 312 g/mol. The van der Waals surface area contributed by atoms with Crippen molar-refractivity contribution in [1.29, 1.82) is 5.26 Å². The largest absolute Gasteiger partial charge is 0.358 e. The summed E-state index contributed by atoms with van der Waals surface area (Å²) in [5.74, 6) is 0. The molecule has 0 aliphatic rings. The number of hydrogen-bond donors (Lipinski definition) is 2. The van der Waals surface area contributed by atoms with E-state index in [1.54, 1.807) is 43.6 Å². The van der Waals surface area contributed by atoms with Crippen LogP contribution in [-0.4, -0.2) is 18.4 Å². The SMILES string of the molecule is Cc1cncc(S(=O)(=O)Nc2cccc3c(C#N)c[nH]c23)c1. The van der Waals surface area contributed by atoms with Crippen LogP contribution in [0.4, 0.5) is 5.69 Å². The van der Waals surface area contributed by atoms with E-state index in [9.17, 15) is 8.42 Å². The van der Waals surface area contributed by atoms with E-state index in [-0.39, 0.29) is 4.90 Å². The van der Waals surface area contributed by atoms with E-state index in [4.69, 9.17) is 5.26 Å². The van der Waals surface area contributed by atoms with Crippen LogP contribution in [-0.2, 0) is 10.0 Å². The van der Waals surface area contributed by atoms with Gasteiger partial charge < -0.3 is 4.98 Å². The Balaban J connectivity index is 2.07. The number of aromatic nitrogens is 2. The van der Waals surface area contributed by atoms with Crippen molar-refractivity contribution < 1.29 is 8.42 Å². The summed E-state index contributed by atoms with van der Waals surface area (Å²) in [5, 5.41) is 9.71. The first-order valence-corrected chi connectivity index (χ1v) is 7.94. The van der Waals surface area contributed by atoms with Gasteiger partial charge >= 0.3 is 0 Å². The molecule has 3 rings (SSSR count). The smallest absolute Gasteiger partial charge is 0.263 e. The van der Waals surface area contributed by atoms with Crippen LogP contribution in [0, 0.1) is 18.3 Å². The van der Waals surface area contributed by atoms with Crippen molar-refractivity contribution in [3.63, 3.8) is 0 Å². The molecule has 0 aliphatic heterocycles. The summed E-state index contributed by atoms with van der Waals surface area (Å²) >= 11 is 0. The van der Waals surface area contributed by atoms with Gasteiger partial charge in [0.25, 0.3) is 10.0 Å². The summed E-state index contributed by atoms with van der Waals surface area (Å²) in [6.07, 6.45) is 4.44. The maximum Gasteiger partial charge on any atom is 0.263 e. The zero-order valence-corrected chi connectivity index (χ0v) is 12.5. The fraction of sp³-hybridized carbons (Fsp3) is 0.0667. The Kier molecular flexibility index (Phi) is 3.31. The number of para-hydroxylation sites is 1. The van der Waals surface area contributed by atoms with E-state index < -0.39 is 10.0 Å². The summed E-state index contributed by atoms with van der Waals surface area (Å²) in [6.45, 7) is 1.77. The summed E-state index contributed by atoms with van der Waals surface area (Å²) < 4.78 is 27.4. The quantitative estimate of drug-likeness (QED) is 0.776. The standard InChI is InChI=1S/C15H12N4O2S/c1-10-5-12(9-17-7-10)22(20,21)19-14-4-2-3-13-11(6-16)8-18-15(13)14/h2-5,7-9,18-19H,1H3. The summed E-state index contributed by atoms with van der Waals surface area (Å²) in [5.41, 5.74) is 2.18. The average Bonchev–Trinajstić information content (AvgIpc) is 2.91. The minimum Gasteiger partial charge on any atom is -0.358 e. The van der Waals surface area contributed by atoms with Gasteiger partial charge in [-0.15, -0.1) is 0 Å². The van der Waals surface area contributed by atoms with Gasteiger partial charge in [0.15, 0.2) is 0 Å². The van der Waals surface area contributed by atoms with Gasteiger partial charge in [-0.05, 0) is 24.6 Å². The second-order valence-corrected chi connectivity index (χ2v) is 6.53. The van der Waals surface area contributed by atoms with Crippen LogP contribution in [0.15, 0.2) is 47.8 Å². The lowest BCUT2D eigenvalue weighted by Gasteiger charge is -2.09. The van der Waals surface area contributed by atoms with Gasteiger partial charge in [-0.2, -0.15) is 5.26 Å². The zero-order chi connectivity index (χ0) is 15.7. The molecular formula is C15H12N4O2S. The van der Waals surface area contributed by atoms with Crippen molar-refractivity contribution in [3.05, 3.63) is 54.0 Å². The van der Waals surface area contributed by atoms with E-state index in [0.29, 0.717) is 22.2 Å². The van der Waals surface area contributed by atoms with Crippen LogP contribution in [0.5, 0.6) is 0 Å². The molecule has 0 aliphatic carbocycles. The van der Waals surface area contributed by atoms with E-state index in [1.807, 2.05) is 0 Å². The molecule has 22 heavy (non-hydrogen) atoms. The Morgan fingerprint density at radius 3 is 2.86 bits per heavy atom. The van der Waals surface area contributed by atoms with Gasteiger partial charge in [-0.1, -0.05) is 12.1 Å². The topological polar surface area (TPSA) is 98.6 Å². The fourth-order valence-corrected chi connectivity index (χ4v) is 3.33. The maximum absolute atomic E-state index is 12.4. The summed E-state index contributed by atoms with van der Waals surface area (Å²) in [6, 6.07) is 8.70. The number of nitriles is 1. The Morgan fingerprint density at radius 2 is 2.14 bits per heavy atom. The molecule has 0 fully saturated rings. The number of benzene rings is 1. The van der Waals surface area contributed by atoms with Gasteiger partial charge in [-0.3, -0.25) is 9.71 Å². The number of aryl methyl sites for hydroxylation is 1. The molecule has 7 heteroatoms. The molecule has 0 saturated heterocycles. The molecule has 0 unspecified atom stereocenters. The van der Waals surface area contributed by atoms with Crippen LogP contribution >= 0.6 is 0 Å². The molecule has 0 atom stereocenters. The molecule has 0 bridgehead atoms. The molecule has 2 aromatic heterocycles. The zero-order valence-electron chi connectivity index (χ0n) is 11.7. The van der Waals surface area contributed by atoms with Crippen molar-refractivity contribution in [2.24, 2.45) is 0 Å². The minimum absolute atomic E-state index is 0.0940. The van der Waals surface area contributed by atoms with Gasteiger partial charge in [-0.25, -0.2) is 8.42 Å². The number of anilines is 1. The molecule has 2 N–H and O–H groups in total. The molecule has 0 spiro atoms. The highest BCUT2D eigenvalue weighted by molar-refractivity contribution is 7.92. The van der Waals surface area contributed by atoms with Crippen molar-refractivity contribution >= 4 is 26.6 Å². The third-order valence-corrected chi connectivity index (χ3v) is 4.57. The average molecular weight is 312 g/mol. The lowest BCUT2D eigenvalue weighted by atomic mass is 10.2. The number of aromatic amines is 1. The van der Waals surface area contributed by atoms with Crippen LogP contribution < -0.4 is 4.72 Å². The second kappa shape index (κ2) is 5.16. The molecule has 0 amide bonds. The Morgan fingerprint density at radius 1 is 1.32 bits per heavy atom. The summed E-state index contributed by atoms with van der Waals surface area (Å²) in [4.78, 5) is 6.92. The molecule has 110 valence electrons. The van der Waals surface area contributed by atoms with Gasteiger partial charge in [0.2, 0.25) is 0 Å². The molecule has 0 radical (unpaired) electrons. The van der Waals surface area contributed by atoms with Crippen molar-refractivity contribution in [2.75, 3.05) is 4.72 Å². The lowest BCUT2D eigenvalue weighted by Crippen LogP contribution is -2.13. The lowest BCUT2D eigenvalue weighted by molar-refractivity contribution is 0.600. The number of hydrogen-bond acceptors (Lipinski definition) is 4. The first-order chi connectivity index (χ1) is 10.5. The first-order valence-electron chi connectivity index (χ1n) is 6.46. The number of fused-ring (bicyclic) bond motifs is 1. The second-order valence-electron chi connectivity index (χ2n) is 4.85. The molecule has 3 aromatic rings. The van der Waals surface area contributed by atoms with Crippen molar-refractivity contribution in [3.8, 4) is 6.07 Å². The third-order valence-electron chi connectivity index (χ3n) is 3.24. The first kappa shape index (κ1) is 14.1. The number of nitrogens with zero attached hydrogens (tertiary/aromatic N) is 2. The minimum atomic E-state index is -3.74. The maximum atomic E-state index is 12.4. The highest BCUT2D eigenvalue weighted by atomic mass is 32.2. The van der Waals surface area contributed by atoms with Gasteiger partial charge in [0.1, 0.15) is 11.0 Å². The van der Waals surface area contributed by atoms with E-state index >= 15 is 0 Å². The van der Waals surface area contributed by atoms with Gasteiger partial charge in [0, 0.05) is 24.0 Å². The number of pyridine rings is 1. The molecule has 6 nitrogen and oxygen atoms in total. The Hall–Kier alpha value is -2.85. The summed E-state index contributed by atoms with van der Waals surface area (Å²) in [7, 11) is -3.74. The third kappa shape index (κ3) is 2.40. The molecule has 0 saturated carbocycles. The van der Waals surface area contributed by atoms with Crippen molar-refractivity contribution in [2.45, 2.75) is 11.8 Å². The number of rotatable bonds is 3. The van der Waals surface area contributed by atoms with Crippen LogP contribution in [0.1, 0.15) is 11.1 Å². The Bertz CT molecular complexity index is 1000. The normalized spacial score (nSPS) is 11.3. The highest BCUT2D eigenvalue weighted by Gasteiger charge is 2.17. The van der Waals surface area contributed by atoms with Crippen molar-refractivity contribution in [1.82, 2.24) is 9.97 Å². The van der Waals surface area contributed by atoms with E-state index in [1.165, 1.54) is 6.20 Å². The predicted octanol–water partition coefficient (Wildman–Crippen LogP) is 2.54. The van der Waals surface area contributed by atoms with E-state index in [0.717, 1.165) is 5.56 Å². The number of nitrogens with one attached hydrogen (secondary N) is 2. The Labute approximate surface area is 127 Å².